The highest BCUT2D eigenvalue weighted by molar-refractivity contribution is 6.18. The molecule has 0 amide bonds. The molecular formula is C41H24N4O2. The van der Waals surface area contributed by atoms with Gasteiger partial charge in [-0.3, -0.25) is 4.98 Å². The zero-order valence-corrected chi connectivity index (χ0v) is 25.0. The van der Waals surface area contributed by atoms with Crippen LogP contribution in [0, 0.1) is 0 Å². The predicted molar refractivity (Wildman–Crippen MR) is 190 cm³/mol. The van der Waals surface area contributed by atoms with E-state index in [1.807, 2.05) is 42.7 Å². The summed E-state index contributed by atoms with van der Waals surface area (Å²) in [5, 5.41) is 4.47. The topological polar surface area (TPSA) is 52.9 Å². The quantitative estimate of drug-likeness (QED) is 0.175. The molecule has 11 rings (SSSR count). The molecule has 0 unspecified atom stereocenters. The Morgan fingerprint density at radius 1 is 0.404 bits per heavy atom. The Bertz CT molecular complexity index is 3130. The lowest BCUT2D eigenvalue weighted by atomic mass is 10.1. The highest BCUT2D eigenvalue weighted by Crippen LogP contribution is 2.40. The van der Waals surface area contributed by atoms with Crippen molar-refractivity contribution in [1.82, 2.24) is 18.4 Å². The van der Waals surface area contributed by atoms with Crippen molar-refractivity contribution in [2.24, 2.45) is 0 Å². The number of rotatable bonds is 1. The van der Waals surface area contributed by atoms with E-state index in [2.05, 4.69) is 121 Å². The number of nitrogens with zero attached hydrogens (tertiary/aromatic N) is 4. The first-order valence-electron chi connectivity index (χ1n) is 15.7. The summed E-state index contributed by atoms with van der Waals surface area (Å²) in [4.78, 5) is 4.50. The van der Waals surface area contributed by atoms with Gasteiger partial charge in [-0.15, -0.1) is 0 Å². The summed E-state index contributed by atoms with van der Waals surface area (Å²) >= 11 is 0. The van der Waals surface area contributed by atoms with E-state index in [-0.39, 0.29) is 0 Å². The smallest absolute Gasteiger partial charge is 0.152 e. The molecule has 0 aliphatic heterocycles. The van der Waals surface area contributed by atoms with Gasteiger partial charge in [0.2, 0.25) is 0 Å². The molecule has 11 aromatic rings. The molecule has 6 nitrogen and oxygen atoms in total. The van der Waals surface area contributed by atoms with Crippen molar-refractivity contribution in [2.45, 2.75) is 0 Å². The van der Waals surface area contributed by atoms with Gasteiger partial charge < -0.3 is 22.2 Å². The van der Waals surface area contributed by atoms with Gasteiger partial charge in [-0.05, 0) is 66.7 Å². The maximum absolute atomic E-state index is 6.63. The number of hydrogen-bond acceptors (Lipinski definition) is 3. The van der Waals surface area contributed by atoms with Crippen LogP contribution in [0.15, 0.2) is 155 Å². The van der Waals surface area contributed by atoms with Crippen molar-refractivity contribution in [3.63, 3.8) is 0 Å². The maximum Gasteiger partial charge on any atom is 0.152 e. The summed E-state index contributed by atoms with van der Waals surface area (Å²) < 4.78 is 20.4. The van der Waals surface area contributed by atoms with Gasteiger partial charge in [0.05, 0.1) is 56.0 Å². The molecule has 6 heteroatoms. The second kappa shape index (κ2) is 9.02. The van der Waals surface area contributed by atoms with Crippen LogP contribution in [0.1, 0.15) is 0 Å². The van der Waals surface area contributed by atoms with E-state index in [0.29, 0.717) is 0 Å². The third-order valence-corrected chi connectivity index (χ3v) is 9.54. The molecule has 0 fully saturated rings. The molecule has 47 heavy (non-hydrogen) atoms. The number of aromatic nitrogens is 4. The third kappa shape index (κ3) is 3.26. The zero-order valence-electron chi connectivity index (χ0n) is 25.0. The fourth-order valence-electron chi connectivity index (χ4n) is 7.66. The number of pyridine rings is 1. The average Bonchev–Trinajstić information content (AvgIpc) is 3.45. The van der Waals surface area contributed by atoms with E-state index in [1.54, 1.807) is 0 Å². The minimum Gasteiger partial charge on any atom is -0.453 e. The van der Waals surface area contributed by atoms with Gasteiger partial charge in [-0.25, -0.2) is 0 Å². The van der Waals surface area contributed by atoms with Gasteiger partial charge in [0, 0.05) is 27.7 Å². The van der Waals surface area contributed by atoms with E-state index < -0.39 is 0 Å². The maximum atomic E-state index is 6.63. The molecule has 0 radical (unpaired) electrons. The number of para-hydroxylation sites is 7. The lowest BCUT2D eigenvalue weighted by molar-refractivity contribution is 0.654. The average molecular weight is 605 g/mol. The molecule has 220 valence electrons. The Hall–Kier alpha value is -6.53. The molecule has 0 atom stereocenters. The molecular weight excluding hydrogens is 580 g/mol. The Kier molecular flexibility index (Phi) is 4.75. The normalized spacial score (nSPS) is 12.3. The van der Waals surface area contributed by atoms with Gasteiger partial charge in [0.1, 0.15) is 0 Å². The van der Waals surface area contributed by atoms with Gasteiger partial charge in [-0.1, -0.05) is 66.7 Å². The van der Waals surface area contributed by atoms with E-state index in [1.165, 1.54) is 5.39 Å². The monoisotopic (exact) mass is 604 g/mol. The van der Waals surface area contributed by atoms with Crippen molar-refractivity contribution in [3.05, 3.63) is 146 Å². The van der Waals surface area contributed by atoms with Crippen LogP contribution >= 0.6 is 0 Å². The van der Waals surface area contributed by atoms with Crippen molar-refractivity contribution in [1.29, 1.82) is 0 Å². The first kappa shape index (κ1) is 24.8. The van der Waals surface area contributed by atoms with Gasteiger partial charge in [-0.2, -0.15) is 0 Å². The third-order valence-electron chi connectivity index (χ3n) is 9.54. The fourth-order valence-corrected chi connectivity index (χ4v) is 7.66. The lowest BCUT2D eigenvalue weighted by Gasteiger charge is -2.18. The summed E-state index contributed by atoms with van der Waals surface area (Å²) in [6, 6.07) is 46.7. The highest BCUT2D eigenvalue weighted by atomic mass is 16.3. The SMILES string of the molecule is c1cncc(-n2c3ccccc3c3cc4c(cc32)n2c3ccccc3oc3cccc(c5cccc6oc7ccccc7n4c65)c32)c1. The highest BCUT2D eigenvalue weighted by Gasteiger charge is 2.20. The van der Waals surface area contributed by atoms with Crippen LogP contribution in [0.3, 0.4) is 0 Å². The Balaban J connectivity index is 1.57. The van der Waals surface area contributed by atoms with Crippen LogP contribution in [0.2, 0.25) is 0 Å². The summed E-state index contributed by atoms with van der Waals surface area (Å²) in [6.45, 7) is 0. The fraction of sp³-hybridized carbons (Fsp3) is 0. The molecule has 0 N–H and O–H groups in total. The molecule has 0 saturated carbocycles. The van der Waals surface area contributed by atoms with Crippen molar-refractivity contribution >= 4 is 88.0 Å². The largest absolute Gasteiger partial charge is 0.453 e. The number of fused-ring (bicyclic) bond motifs is 11. The Morgan fingerprint density at radius 2 is 0.957 bits per heavy atom. The molecule has 0 bridgehead atoms. The molecule has 0 aliphatic carbocycles. The van der Waals surface area contributed by atoms with Crippen LogP contribution in [0.4, 0.5) is 0 Å². The first-order chi connectivity index (χ1) is 23.3. The zero-order chi connectivity index (χ0) is 30.6. The lowest BCUT2D eigenvalue weighted by Crippen LogP contribution is -2.02. The van der Waals surface area contributed by atoms with Gasteiger partial charge in [0.25, 0.3) is 0 Å². The number of benzene rings is 6. The predicted octanol–water partition coefficient (Wildman–Crippen LogP) is 10.8. The van der Waals surface area contributed by atoms with Crippen molar-refractivity contribution < 1.29 is 8.83 Å². The van der Waals surface area contributed by atoms with Gasteiger partial charge >= 0.3 is 0 Å². The minimum absolute atomic E-state index is 0.809. The molecule has 5 aromatic heterocycles. The molecule has 0 spiro atoms. The molecule has 5 heterocycles. The Labute approximate surface area is 266 Å². The second-order valence-corrected chi connectivity index (χ2v) is 12.0. The minimum atomic E-state index is 0.809. The van der Waals surface area contributed by atoms with Crippen molar-refractivity contribution in [3.8, 4) is 5.69 Å². The van der Waals surface area contributed by atoms with E-state index in [0.717, 1.165) is 88.3 Å². The second-order valence-electron chi connectivity index (χ2n) is 12.0. The number of hydrogen-bond donors (Lipinski definition) is 0. The molecule has 0 aliphatic rings. The molecule has 0 saturated heterocycles. The van der Waals surface area contributed by atoms with Crippen LogP contribution in [0.25, 0.3) is 93.7 Å². The Morgan fingerprint density at radius 3 is 1.60 bits per heavy atom. The standard InChI is InChI=1S/C41H24N4O2/c1-2-14-30-26(11-1)29-22-34-35(23-33(29)43(30)25-10-9-21-42-24-25)45-32-16-4-6-18-37(32)47-39-20-8-13-28(41(39)45)27-12-7-19-38-40(27)44(34)31-15-3-5-17-36(31)46-38/h1-24H. The van der Waals surface area contributed by atoms with Gasteiger partial charge in [0.15, 0.2) is 22.3 Å². The molecule has 6 aromatic carbocycles. The summed E-state index contributed by atoms with van der Waals surface area (Å²) in [5.41, 5.74) is 12.6. The summed E-state index contributed by atoms with van der Waals surface area (Å²) in [5.74, 6) is 0. The first-order valence-corrected chi connectivity index (χ1v) is 15.7. The van der Waals surface area contributed by atoms with E-state index >= 15 is 0 Å². The van der Waals surface area contributed by atoms with Crippen LogP contribution in [-0.4, -0.2) is 18.4 Å². The van der Waals surface area contributed by atoms with Crippen LogP contribution < -0.4 is 0 Å². The summed E-state index contributed by atoms with van der Waals surface area (Å²) in [7, 11) is 0. The van der Waals surface area contributed by atoms with E-state index in [9.17, 15) is 0 Å². The van der Waals surface area contributed by atoms with Crippen molar-refractivity contribution in [2.75, 3.05) is 0 Å². The van der Waals surface area contributed by atoms with Crippen LogP contribution in [0.5, 0.6) is 0 Å². The van der Waals surface area contributed by atoms with Crippen LogP contribution in [-0.2, 0) is 0 Å². The van der Waals surface area contributed by atoms with E-state index in [4.69, 9.17) is 8.83 Å². The summed E-state index contributed by atoms with van der Waals surface area (Å²) in [6.07, 6.45) is 3.75.